The number of halogens is 3. The smallest absolute Gasteiger partial charge is 0.293 e. The summed E-state index contributed by atoms with van der Waals surface area (Å²) in [6.45, 7) is 0.0389. The van der Waals surface area contributed by atoms with Crippen LogP contribution in [-0.4, -0.2) is 28.3 Å². The van der Waals surface area contributed by atoms with E-state index in [9.17, 15) is 19.1 Å². The lowest BCUT2D eigenvalue weighted by atomic mass is 10.1. The van der Waals surface area contributed by atoms with Gasteiger partial charge in [-0.15, -0.1) is 0 Å². The molecule has 2 aromatic carbocycles. The number of carbonyl (C=O) groups excluding carboxylic acids is 2. The molecule has 0 atom stereocenters. The molecule has 1 saturated heterocycles. The number of phenols is 1. The van der Waals surface area contributed by atoms with Gasteiger partial charge in [0.15, 0.2) is 11.5 Å². The zero-order valence-electron chi connectivity index (χ0n) is 13.8. The van der Waals surface area contributed by atoms with Crippen LogP contribution < -0.4 is 4.74 Å². The maximum Gasteiger partial charge on any atom is 0.293 e. The van der Waals surface area contributed by atoms with Crippen LogP contribution in [0.25, 0.3) is 6.08 Å². The summed E-state index contributed by atoms with van der Waals surface area (Å²) >= 11 is 7.47. The van der Waals surface area contributed by atoms with Crippen molar-refractivity contribution >= 4 is 60.8 Å². The van der Waals surface area contributed by atoms with E-state index in [4.69, 9.17) is 4.74 Å². The molecule has 1 N–H and O–H groups in total. The lowest BCUT2D eigenvalue weighted by molar-refractivity contribution is -0.123. The Bertz CT molecular complexity index is 963. The first-order chi connectivity index (χ1) is 12.8. The van der Waals surface area contributed by atoms with Crippen molar-refractivity contribution in [3.8, 4) is 11.5 Å². The van der Waals surface area contributed by atoms with Gasteiger partial charge >= 0.3 is 0 Å². The molecular formula is C18H12Br2FNO4S. The van der Waals surface area contributed by atoms with Gasteiger partial charge in [-0.1, -0.05) is 12.1 Å². The Balaban J connectivity index is 1.93. The van der Waals surface area contributed by atoms with Crippen molar-refractivity contribution < 1.29 is 23.8 Å². The molecule has 27 heavy (non-hydrogen) atoms. The van der Waals surface area contributed by atoms with Gasteiger partial charge in [-0.25, -0.2) is 4.39 Å². The highest BCUT2D eigenvalue weighted by atomic mass is 79.9. The molecule has 9 heteroatoms. The molecule has 0 saturated carbocycles. The van der Waals surface area contributed by atoms with Crippen LogP contribution in [0.1, 0.15) is 11.1 Å². The van der Waals surface area contributed by atoms with Crippen LogP contribution in [0.5, 0.6) is 11.5 Å². The van der Waals surface area contributed by atoms with Crippen molar-refractivity contribution in [2.75, 3.05) is 7.11 Å². The van der Waals surface area contributed by atoms with Crippen LogP contribution in [0.3, 0.4) is 0 Å². The quantitative estimate of drug-likeness (QED) is 0.558. The summed E-state index contributed by atoms with van der Waals surface area (Å²) in [6, 6.07) is 7.16. The number of aromatic hydroxyl groups is 1. The van der Waals surface area contributed by atoms with E-state index in [0.717, 1.165) is 16.7 Å². The molecule has 1 fully saturated rings. The minimum atomic E-state index is -0.487. The summed E-state index contributed by atoms with van der Waals surface area (Å²) < 4.78 is 19.3. The highest BCUT2D eigenvalue weighted by Crippen LogP contribution is 2.43. The Hall–Kier alpha value is -1.84. The summed E-state index contributed by atoms with van der Waals surface area (Å²) in [7, 11) is 1.41. The molecule has 0 aromatic heterocycles. The van der Waals surface area contributed by atoms with E-state index in [1.807, 2.05) is 0 Å². The van der Waals surface area contributed by atoms with E-state index >= 15 is 0 Å². The van der Waals surface area contributed by atoms with E-state index < -0.39 is 17.0 Å². The molecule has 1 aliphatic heterocycles. The van der Waals surface area contributed by atoms with Crippen LogP contribution in [0.4, 0.5) is 9.18 Å². The predicted molar refractivity (Wildman–Crippen MR) is 108 cm³/mol. The minimum Gasteiger partial charge on any atom is -0.504 e. The molecule has 0 aliphatic carbocycles. The van der Waals surface area contributed by atoms with E-state index in [1.165, 1.54) is 37.5 Å². The summed E-state index contributed by atoms with van der Waals surface area (Å²) in [6.07, 6.45) is 1.43. The Morgan fingerprint density at radius 1 is 1.26 bits per heavy atom. The molecule has 0 unspecified atom stereocenters. The van der Waals surface area contributed by atoms with Crippen LogP contribution in [0.15, 0.2) is 44.2 Å². The van der Waals surface area contributed by atoms with Gasteiger partial charge in [-0.3, -0.25) is 14.5 Å². The molecule has 2 aromatic rings. The van der Waals surface area contributed by atoms with Crippen LogP contribution >= 0.6 is 43.6 Å². The Labute approximate surface area is 175 Å². The molecule has 2 amide bonds. The minimum absolute atomic E-state index is 0.0389. The largest absolute Gasteiger partial charge is 0.504 e. The van der Waals surface area contributed by atoms with E-state index in [2.05, 4.69) is 31.9 Å². The number of thioether (sulfide) groups is 1. The Morgan fingerprint density at radius 2 is 1.93 bits per heavy atom. The molecule has 0 spiro atoms. The number of ether oxygens (including phenoxy) is 1. The van der Waals surface area contributed by atoms with Crippen molar-refractivity contribution in [3.05, 3.63) is 61.1 Å². The van der Waals surface area contributed by atoms with Gasteiger partial charge in [0.05, 0.1) is 18.6 Å². The third kappa shape index (κ3) is 4.04. The lowest BCUT2D eigenvalue weighted by Gasteiger charge is -2.12. The first-order valence-electron chi connectivity index (χ1n) is 7.56. The number of rotatable bonds is 4. The molecule has 140 valence electrons. The van der Waals surface area contributed by atoms with E-state index in [-0.39, 0.29) is 22.9 Å². The topological polar surface area (TPSA) is 66.8 Å². The lowest BCUT2D eigenvalue weighted by Crippen LogP contribution is -2.27. The average molecular weight is 517 g/mol. The number of methoxy groups -OCH3 is 1. The molecule has 0 bridgehead atoms. The van der Waals surface area contributed by atoms with Crippen molar-refractivity contribution in [3.63, 3.8) is 0 Å². The van der Waals surface area contributed by atoms with Gasteiger partial charge in [0.25, 0.3) is 11.1 Å². The summed E-state index contributed by atoms with van der Waals surface area (Å²) in [5.41, 5.74) is 0.946. The van der Waals surface area contributed by atoms with Gasteiger partial charge in [0, 0.05) is 14.5 Å². The van der Waals surface area contributed by atoms with Crippen LogP contribution in [0, 0.1) is 5.82 Å². The van der Waals surface area contributed by atoms with Crippen molar-refractivity contribution in [1.82, 2.24) is 4.90 Å². The van der Waals surface area contributed by atoms with Gasteiger partial charge in [0.1, 0.15) is 5.82 Å². The second-order valence-corrected chi connectivity index (χ2v) is 8.17. The first-order valence-corrected chi connectivity index (χ1v) is 9.96. The van der Waals surface area contributed by atoms with Crippen molar-refractivity contribution in [2.45, 2.75) is 6.54 Å². The second-order valence-electron chi connectivity index (χ2n) is 5.53. The monoisotopic (exact) mass is 515 g/mol. The third-order valence-electron chi connectivity index (χ3n) is 3.82. The number of phenolic OH excluding ortho intramolecular Hbond substituents is 1. The molecule has 1 heterocycles. The maximum atomic E-state index is 13.0. The molecule has 5 nitrogen and oxygen atoms in total. The van der Waals surface area contributed by atoms with Crippen molar-refractivity contribution in [1.29, 1.82) is 0 Å². The zero-order valence-corrected chi connectivity index (χ0v) is 17.8. The number of benzene rings is 2. The normalized spacial score (nSPS) is 15.7. The van der Waals surface area contributed by atoms with Gasteiger partial charge < -0.3 is 9.84 Å². The maximum absolute atomic E-state index is 13.0. The zero-order chi connectivity index (χ0) is 19.7. The first kappa shape index (κ1) is 19.9. The third-order valence-corrected chi connectivity index (χ3v) is 6.73. The average Bonchev–Trinajstić information content (AvgIpc) is 2.91. The van der Waals surface area contributed by atoms with E-state index in [0.29, 0.717) is 20.1 Å². The molecule has 0 radical (unpaired) electrons. The summed E-state index contributed by atoms with van der Waals surface area (Å²) in [5, 5.41) is 9.92. The van der Waals surface area contributed by atoms with Crippen LogP contribution in [0.2, 0.25) is 0 Å². The fourth-order valence-electron chi connectivity index (χ4n) is 2.44. The number of hydrogen-bond acceptors (Lipinski definition) is 5. The number of carbonyl (C=O) groups is 2. The van der Waals surface area contributed by atoms with Gasteiger partial charge in [0.2, 0.25) is 0 Å². The number of amides is 2. The fourth-order valence-corrected chi connectivity index (χ4v) is 4.10. The fraction of sp³-hybridized carbons (Fsp3) is 0.111. The van der Waals surface area contributed by atoms with Gasteiger partial charge in [-0.05, 0) is 73.5 Å². The predicted octanol–water partition coefficient (Wildman–Crippen LogP) is 5.30. The number of nitrogens with zero attached hydrogens (tertiary/aromatic N) is 1. The number of hydrogen-bond donors (Lipinski definition) is 1. The summed E-state index contributed by atoms with van der Waals surface area (Å²) in [5.74, 6) is -0.809. The van der Waals surface area contributed by atoms with Crippen LogP contribution in [-0.2, 0) is 11.3 Å². The summed E-state index contributed by atoms with van der Waals surface area (Å²) in [4.78, 5) is 26.2. The Kier molecular flexibility index (Phi) is 5.92. The van der Waals surface area contributed by atoms with Gasteiger partial charge in [-0.2, -0.15) is 0 Å². The number of imide groups is 1. The molecule has 3 rings (SSSR count). The molecular weight excluding hydrogens is 505 g/mol. The highest BCUT2D eigenvalue weighted by Gasteiger charge is 2.35. The van der Waals surface area contributed by atoms with E-state index in [1.54, 1.807) is 6.07 Å². The standard InChI is InChI=1S/C18H12Br2FNO4S/c1-26-13-7-12(19)15(20)11(16(13)23)6-14-17(24)22(18(25)27-14)8-9-2-4-10(21)5-3-9/h2-7,23H,8H2,1H3/b14-6-. The highest BCUT2D eigenvalue weighted by molar-refractivity contribution is 9.13. The van der Waals surface area contributed by atoms with Crippen molar-refractivity contribution in [2.24, 2.45) is 0 Å². The Morgan fingerprint density at radius 3 is 2.56 bits per heavy atom. The SMILES string of the molecule is COc1cc(Br)c(Br)c(/C=C2\SC(=O)N(Cc3ccc(F)cc3)C2=O)c1O. The second kappa shape index (κ2) is 8.04. The molecule has 1 aliphatic rings.